The van der Waals surface area contributed by atoms with Crippen molar-refractivity contribution in [1.82, 2.24) is 20.3 Å². The average molecular weight is 691 g/mol. The zero-order valence-corrected chi connectivity index (χ0v) is 30.6. The van der Waals surface area contributed by atoms with Crippen molar-refractivity contribution in [3.63, 3.8) is 0 Å². The molecule has 2 saturated heterocycles. The highest BCUT2D eigenvalue weighted by molar-refractivity contribution is 7.90. The van der Waals surface area contributed by atoms with Crippen LogP contribution in [0.4, 0.5) is 0 Å². The molecule has 0 spiro atoms. The van der Waals surface area contributed by atoms with Gasteiger partial charge in [-0.25, -0.2) is 17.9 Å². The van der Waals surface area contributed by atoms with E-state index in [9.17, 15) is 22.8 Å². The SMILES string of the molecule is Cc1c(C)c(S(=O)(=O)NC(N)=NCCC[C@H](NC(=O)[C@@H]2CCCN2C(=O)[C@@H]2CCCN2)C(=O)OC(C)(C)C)c(C)c2c1OC(C)(C)CC2. The monoisotopic (exact) mass is 690 g/mol. The summed E-state index contributed by atoms with van der Waals surface area (Å²) < 4.78 is 41.4. The molecule has 0 aromatic heterocycles. The maximum Gasteiger partial charge on any atom is 0.329 e. The Morgan fingerprint density at radius 1 is 1.12 bits per heavy atom. The van der Waals surface area contributed by atoms with Gasteiger partial charge < -0.3 is 30.7 Å². The number of benzene rings is 1. The number of carbonyl (C=O) groups excluding carboxylic acids is 3. The third kappa shape index (κ3) is 8.79. The number of guanidine groups is 1. The topological polar surface area (TPSA) is 182 Å². The van der Waals surface area contributed by atoms with E-state index >= 15 is 0 Å². The maximum absolute atomic E-state index is 13.6. The summed E-state index contributed by atoms with van der Waals surface area (Å²) >= 11 is 0. The molecule has 268 valence electrons. The van der Waals surface area contributed by atoms with Crippen molar-refractivity contribution in [2.75, 3.05) is 19.6 Å². The standard InChI is InChI=1S/C34H54N6O7S/c1-20-21(2)28(22(3)23-15-16-34(7,8)46-27(20)23)48(44,45)39-32(35)37-18-10-13-25(31(43)47-33(4,5)6)38-29(41)26-14-11-19-40(26)30(42)24-12-9-17-36-24/h24-26,36H,9-19H2,1-8H3,(H,38,41)(H3,35,37,39)/t24-,25-,26-/m0/s1. The van der Waals surface area contributed by atoms with Crippen molar-refractivity contribution in [2.45, 2.75) is 141 Å². The van der Waals surface area contributed by atoms with Gasteiger partial charge in [0.05, 0.1) is 10.9 Å². The van der Waals surface area contributed by atoms with E-state index in [4.69, 9.17) is 15.2 Å². The lowest BCUT2D eigenvalue weighted by molar-refractivity contribution is -0.159. The zero-order chi connectivity index (χ0) is 35.6. The highest BCUT2D eigenvalue weighted by atomic mass is 32.2. The van der Waals surface area contributed by atoms with Crippen molar-refractivity contribution < 1.29 is 32.3 Å². The molecule has 14 heteroatoms. The number of carbonyl (C=O) groups is 3. The molecule has 3 atom stereocenters. The lowest BCUT2D eigenvalue weighted by Gasteiger charge is -2.35. The largest absolute Gasteiger partial charge is 0.487 e. The van der Waals surface area contributed by atoms with Crippen LogP contribution in [-0.2, 0) is 35.6 Å². The van der Waals surface area contributed by atoms with Crippen molar-refractivity contribution in [3.8, 4) is 5.75 Å². The highest BCUT2D eigenvalue weighted by Crippen LogP contribution is 2.42. The molecule has 48 heavy (non-hydrogen) atoms. The van der Waals surface area contributed by atoms with Crippen molar-refractivity contribution in [3.05, 3.63) is 22.3 Å². The van der Waals surface area contributed by atoms with E-state index in [1.165, 1.54) is 0 Å². The van der Waals surface area contributed by atoms with Crippen molar-refractivity contribution in [2.24, 2.45) is 10.7 Å². The van der Waals surface area contributed by atoms with Gasteiger partial charge in [-0.05, 0) is 136 Å². The quantitative estimate of drug-likeness (QED) is 0.124. The first-order valence-electron chi connectivity index (χ1n) is 17.0. The summed E-state index contributed by atoms with van der Waals surface area (Å²) in [6.45, 7) is 16.0. The summed E-state index contributed by atoms with van der Waals surface area (Å²) in [6, 6.07) is -1.93. The smallest absolute Gasteiger partial charge is 0.329 e. The van der Waals surface area contributed by atoms with E-state index in [1.54, 1.807) is 39.5 Å². The minimum atomic E-state index is -4.07. The van der Waals surface area contributed by atoms with Crippen LogP contribution < -0.4 is 25.8 Å². The van der Waals surface area contributed by atoms with E-state index in [1.807, 2.05) is 20.8 Å². The Kier molecular flexibility index (Phi) is 11.4. The van der Waals surface area contributed by atoms with Crippen LogP contribution in [-0.4, -0.2) is 86.0 Å². The number of fused-ring (bicyclic) bond motifs is 1. The Labute approximate surface area is 285 Å². The number of ether oxygens (including phenoxy) is 2. The molecule has 1 aromatic rings. The number of hydrogen-bond acceptors (Lipinski definition) is 9. The van der Waals surface area contributed by atoms with Crippen LogP contribution in [0, 0.1) is 20.8 Å². The second-order valence-corrected chi connectivity index (χ2v) is 16.4. The number of nitrogens with one attached hydrogen (secondary N) is 3. The normalized spacial score (nSPS) is 21.7. The van der Waals surface area contributed by atoms with Crippen LogP contribution >= 0.6 is 0 Å². The summed E-state index contributed by atoms with van der Waals surface area (Å²) in [5.41, 5.74) is 7.81. The van der Waals surface area contributed by atoms with Crippen LogP contribution in [0.3, 0.4) is 0 Å². The van der Waals surface area contributed by atoms with E-state index in [2.05, 4.69) is 20.3 Å². The first kappa shape index (κ1) is 37.4. The van der Waals surface area contributed by atoms with E-state index in [0.29, 0.717) is 43.4 Å². The van der Waals surface area contributed by atoms with Gasteiger partial charge in [-0.15, -0.1) is 0 Å². The molecule has 0 radical (unpaired) electrons. The van der Waals surface area contributed by atoms with Crippen LogP contribution in [0.1, 0.15) is 102 Å². The van der Waals surface area contributed by atoms with E-state index in [-0.39, 0.29) is 41.4 Å². The van der Waals surface area contributed by atoms with Crippen LogP contribution in [0.2, 0.25) is 0 Å². The third-order valence-corrected chi connectivity index (χ3v) is 10.9. The van der Waals surface area contributed by atoms with Gasteiger partial charge >= 0.3 is 5.97 Å². The molecule has 4 rings (SSSR count). The first-order chi connectivity index (χ1) is 22.3. The van der Waals surface area contributed by atoms with Crippen LogP contribution in [0.15, 0.2) is 9.89 Å². The van der Waals surface area contributed by atoms with E-state index < -0.39 is 39.6 Å². The molecule has 2 amide bonds. The molecule has 13 nitrogen and oxygen atoms in total. The van der Waals surface area contributed by atoms with Gasteiger partial charge in [-0.1, -0.05) is 0 Å². The summed E-state index contributed by atoms with van der Waals surface area (Å²) in [5, 5.41) is 6.02. The number of nitrogens with two attached hydrogens (primary N) is 1. The molecule has 0 unspecified atom stereocenters. The fourth-order valence-corrected chi connectivity index (χ4v) is 8.28. The Morgan fingerprint density at radius 3 is 2.48 bits per heavy atom. The summed E-state index contributed by atoms with van der Waals surface area (Å²) in [5.74, 6) is -0.612. The number of esters is 1. The minimum absolute atomic E-state index is 0.0838. The van der Waals surface area contributed by atoms with Gasteiger partial charge in [0.25, 0.3) is 10.0 Å². The number of amides is 2. The molecule has 3 aliphatic heterocycles. The predicted molar refractivity (Wildman–Crippen MR) is 183 cm³/mol. The minimum Gasteiger partial charge on any atom is -0.487 e. The summed E-state index contributed by atoms with van der Waals surface area (Å²) in [6.07, 6.45) is 4.81. The number of likely N-dealkylation sites (tertiary alicyclic amines) is 1. The lowest BCUT2D eigenvalue weighted by Crippen LogP contribution is -2.54. The molecule has 0 bridgehead atoms. The van der Waals surface area contributed by atoms with E-state index in [0.717, 1.165) is 42.7 Å². The highest BCUT2D eigenvalue weighted by Gasteiger charge is 2.39. The van der Waals surface area contributed by atoms with Gasteiger partial charge in [0.2, 0.25) is 17.8 Å². The van der Waals surface area contributed by atoms with Gasteiger partial charge in [0, 0.05) is 13.1 Å². The second kappa shape index (κ2) is 14.6. The Hall–Kier alpha value is -3.39. The predicted octanol–water partition coefficient (Wildman–Crippen LogP) is 2.66. The Balaban J connectivity index is 1.41. The molecule has 2 fully saturated rings. The molecule has 1 aromatic carbocycles. The third-order valence-electron chi connectivity index (χ3n) is 9.31. The van der Waals surface area contributed by atoms with Crippen LogP contribution in [0.25, 0.3) is 0 Å². The molecular weight excluding hydrogens is 636 g/mol. The zero-order valence-electron chi connectivity index (χ0n) is 29.7. The van der Waals surface area contributed by atoms with Crippen molar-refractivity contribution >= 4 is 33.8 Å². The molecule has 0 aliphatic carbocycles. The van der Waals surface area contributed by atoms with Gasteiger partial charge in [-0.2, -0.15) is 0 Å². The number of sulfonamides is 1. The number of aliphatic imine (C=N–C) groups is 1. The second-order valence-electron chi connectivity index (χ2n) is 14.8. The number of hydrogen-bond donors (Lipinski definition) is 4. The fourth-order valence-electron chi connectivity index (χ4n) is 6.76. The molecular formula is C34H54N6O7S. The molecule has 5 N–H and O–H groups in total. The number of rotatable bonds is 10. The Bertz CT molecular complexity index is 1540. The van der Waals surface area contributed by atoms with Gasteiger partial charge in [-0.3, -0.25) is 14.6 Å². The Morgan fingerprint density at radius 2 is 1.83 bits per heavy atom. The molecule has 3 aliphatic rings. The average Bonchev–Trinajstić information content (AvgIpc) is 3.68. The number of nitrogens with zero attached hydrogens (tertiary/aromatic N) is 2. The van der Waals surface area contributed by atoms with Gasteiger partial charge in [0.1, 0.15) is 29.0 Å². The lowest BCUT2D eigenvalue weighted by atomic mass is 9.88. The summed E-state index contributed by atoms with van der Waals surface area (Å²) in [7, 11) is -4.07. The van der Waals surface area contributed by atoms with Crippen LogP contribution in [0.5, 0.6) is 5.75 Å². The van der Waals surface area contributed by atoms with Gasteiger partial charge in [0.15, 0.2) is 0 Å². The fraction of sp³-hybridized carbons (Fsp3) is 0.706. The molecule has 3 heterocycles. The molecule has 0 saturated carbocycles. The maximum atomic E-state index is 13.6. The summed E-state index contributed by atoms with van der Waals surface area (Å²) in [4.78, 5) is 45.7. The van der Waals surface area contributed by atoms with Crippen molar-refractivity contribution in [1.29, 1.82) is 0 Å². The first-order valence-corrected chi connectivity index (χ1v) is 18.5.